The number of hydrogen-bond acceptors (Lipinski definition) is 6. The maximum absolute atomic E-state index is 13.2. The topological polar surface area (TPSA) is 101 Å². The smallest absolute Gasteiger partial charge is 0.233 e. The van der Waals surface area contributed by atoms with Crippen LogP contribution in [0.1, 0.15) is 51.6 Å². The molecule has 0 bridgehead atoms. The van der Waals surface area contributed by atoms with Crippen molar-refractivity contribution in [1.82, 2.24) is 9.99 Å². The van der Waals surface area contributed by atoms with E-state index in [1.165, 1.54) is 5.01 Å². The summed E-state index contributed by atoms with van der Waals surface area (Å²) < 4.78 is 5.51. The third-order valence-corrected chi connectivity index (χ3v) is 7.34. The van der Waals surface area contributed by atoms with Gasteiger partial charge < -0.3 is 20.0 Å². The van der Waals surface area contributed by atoms with Crippen LogP contribution in [0.2, 0.25) is 0 Å². The number of nitrogens with two attached hydrogens (primary N) is 1. The van der Waals surface area contributed by atoms with Gasteiger partial charge in [-0.1, -0.05) is 13.0 Å². The molecule has 35 heavy (non-hydrogen) atoms. The second kappa shape index (κ2) is 9.85. The van der Waals surface area contributed by atoms with E-state index in [-0.39, 0.29) is 23.1 Å². The summed E-state index contributed by atoms with van der Waals surface area (Å²) in [6.07, 6.45) is 10.0. The minimum absolute atomic E-state index is 0.0138. The quantitative estimate of drug-likeness (QED) is 0.431. The Morgan fingerprint density at radius 2 is 2.14 bits per heavy atom. The zero-order valence-electron chi connectivity index (χ0n) is 21.4. The summed E-state index contributed by atoms with van der Waals surface area (Å²) in [5, 5.41) is 4.46. The lowest BCUT2D eigenvalue weighted by Crippen LogP contribution is -2.34. The first-order chi connectivity index (χ1) is 16.6. The normalized spacial score (nSPS) is 24.7. The Kier molecular flexibility index (Phi) is 7.03. The van der Waals surface area contributed by atoms with Gasteiger partial charge in [-0.15, -0.1) is 0 Å². The van der Waals surface area contributed by atoms with Gasteiger partial charge in [0.05, 0.1) is 18.3 Å². The molecular weight excluding hydrogens is 442 g/mol. The molecule has 8 heteroatoms. The van der Waals surface area contributed by atoms with Gasteiger partial charge in [-0.3, -0.25) is 9.59 Å². The van der Waals surface area contributed by atoms with E-state index in [2.05, 4.69) is 23.3 Å². The van der Waals surface area contributed by atoms with Crippen molar-refractivity contribution in [3.8, 4) is 0 Å². The zero-order chi connectivity index (χ0) is 25.3. The van der Waals surface area contributed by atoms with E-state index in [1.807, 2.05) is 43.2 Å². The number of methoxy groups -OCH3 is 1. The summed E-state index contributed by atoms with van der Waals surface area (Å²) in [6, 6.07) is 3.73. The number of pyridine rings is 1. The predicted molar refractivity (Wildman–Crippen MR) is 137 cm³/mol. The second-order valence-corrected chi connectivity index (χ2v) is 10.4. The molecule has 0 spiro atoms. The second-order valence-electron chi connectivity index (χ2n) is 10.4. The fourth-order valence-corrected chi connectivity index (χ4v) is 5.26. The molecule has 1 aromatic heterocycles. The van der Waals surface area contributed by atoms with E-state index >= 15 is 0 Å². The fourth-order valence-electron chi connectivity index (χ4n) is 5.26. The van der Waals surface area contributed by atoms with E-state index in [9.17, 15) is 9.59 Å². The van der Waals surface area contributed by atoms with Crippen LogP contribution in [0.5, 0.6) is 0 Å². The number of ether oxygens (including phenoxy) is 1. The molecular formula is C27H37N5O3. The Balaban J connectivity index is 1.46. The van der Waals surface area contributed by atoms with Crippen LogP contribution < -0.4 is 16.1 Å². The van der Waals surface area contributed by atoms with Crippen molar-refractivity contribution in [2.45, 2.75) is 52.9 Å². The Hall–Kier alpha value is -3.13. The van der Waals surface area contributed by atoms with Crippen molar-refractivity contribution in [2.75, 3.05) is 30.9 Å². The Bertz CT molecular complexity index is 1100. The Labute approximate surface area is 207 Å². The van der Waals surface area contributed by atoms with Gasteiger partial charge in [-0.05, 0) is 68.2 Å². The van der Waals surface area contributed by atoms with Crippen LogP contribution in [-0.4, -0.2) is 42.5 Å². The molecule has 1 saturated carbocycles. The Morgan fingerprint density at radius 3 is 2.80 bits per heavy atom. The molecule has 2 heterocycles. The number of hydrogen-bond donors (Lipinski definition) is 2. The summed E-state index contributed by atoms with van der Waals surface area (Å²) in [7, 11) is 3.41. The first-order valence-electron chi connectivity index (χ1n) is 12.3. The number of carbonyl (C=O) groups excluding carboxylic acids is 2. The average molecular weight is 480 g/mol. The summed E-state index contributed by atoms with van der Waals surface area (Å²) >= 11 is 0. The van der Waals surface area contributed by atoms with E-state index in [4.69, 9.17) is 10.6 Å². The monoisotopic (exact) mass is 479 g/mol. The first-order valence-corrected chi connectivity index (χ1v) is 12.3. The largest absolute Gasteiger partial charge is 0.501 e. The van der Waals surface area contributed by atoms with Crippen molar-refractivity contribution in [3.63, 3.8) is 0 Å². The lowest BCUT2D eigenvalue weighted by atomic mass is 9.83. The lowest BCUT2D eigenvalue weighted by molar-refractivity contribution is -0.125. The number of hydrazine groups is 1. The third-order valence-electron chi connectivity index (χ3n) is 7.34. The molecule has 8 nitrogen and oxygen atoms in total. The van der Waals surface area contributed by atoms with Crippen molar-refractivity contribution >= 4 is 23.3 Å². The highest BCUT2D eigenvalue weighted by Gasteiger charge is 2.52. The molecule has 1 aliphatic heterocycles. The first kappa shape index (κ1) is 25.0. The maximum atomic E-state index is 13.2. The van der Waals surface area contributed by atoms with E-state index < -0.39 is 0 Å². The van der Waals surface area contributed by atoms with Crippen LogP contribution in [-0.2, 0) is 14.3 Å². The number of aryl methyl sites for hydroxylation is 1. The molecule has 3 N–H and O–H groups in total. The highest BCUT2D eigenvalue weighted by atomic mass is 16.5. The van der Waals surface area contributed by atoms with Gasteiger partial charge in [-0.25, -0.2) is 10.8 Å². The molecule has 2 amide bonds. The lowest BCUT2D eigenvalue weighted by Gasteiger charge is -2.24. The fraction of sp³-hybridized carbons (Fsp3) is 0.519. The summed E-state index contributed by atoms with van der Waals surface area (Å²) in [5.41, 5.74) is 3.29. The van der Waals surface area contributed by atoms with E-state index in [1.54, 1.807) is 14.2 Å². The standard InChI is InChI=1S/C27H37N5O3/c1-17(16-31(4)28)20-11-19(12-23(14-20)35-5)13-25(33)30-24-15-22(10-18(2)29-24)32-9-8-27(3,26(32)34)21-6-7-21/h10-11,14-16,19,21H,6-9,12-13,28H2,1-5H3,(H,29,30,33)/b17-16+/t19?,27-/m0/s1. The average Bonchev–Trinajstić information content (AvgIpc) is 3.59. The third kappa shape index (κ3) is 5.59. The molecule has 0 aromatic carbocycles. The number of nitrogens with one attached hydrogen (secondary N) is 1. The number of carbonyl (C=O) groups is 2. The number of amides is 2. The molecule has 1 unspecified atom stereocenters. The molecule has 0 radical (unpaired) electrons. The molecule has 4 rings (SSSR count). The highest BCUT2D eigenvalue weighted by Crippen LogP contribution is 2.52. The molecule has 188 valence electrons. The van der Waals surface area contributed by atoms with Crippen LogP contribution in [0.3, 0.4) is 0 Å². The van der Waals surface area contributed by atoms with Crippen LogP contribution in [0, 0.1) is 24.2 Å². The zero-order valence-corrected chi connectivity index (χ0v) is 21.4. The van der Waals surface area contributed by atoms with Crippen molar-refractivity contribution in [3.05, 3.63) is 53.1 Å². The van der Waals surface area contributed by atoms with Gasteiger partial charge in [0, 0.05) is 50.1 Å². The van der Waals surface area contributed by atoms with Gasteiger partial charge in [0.15, 0.2) is 0 Å². The van der Waals surface area contributed by atoms with Gasteiger partial charge >= 0.3 is 0 Å². The van der Waals surface area contributed by atoms with Crippen LogP contribution in [0.15, 0.2) is 47.4 Å². The summed E-state index contributed by atoms with van der Waals surface area (Å²) in [5.74, 6) is 7.62. The van der Waals surface area contributed by atoms with Crippen LogP contribution in [0.25, 0.3) is 0 Å². The number of aromatic nitrogens is 1. The molecule has 1 saturated heterocycles. The minimum Gasteiger partial charge on any atom is -0.501 e. The van der Waals surface area contributed by atoms with Crippen molar-refractivity contribution in [2.24, 2.45) is 23.1 Å². The van der Waals surface area contributed by atoms with Gasteiger partial charge in [-0.2, -0.15) is 0 Å². The number of allylic oxidation sites excluding steroid dienone is 5. The molecule has 2 fully saturated rings. The molecule has 2 atom stereocenters. The minimum atomic E-state index is -0.260. The number of anilines is 2. The van der Waals surface area contributed by atoms with Crippen LogP contribution >= 0.6 is 0 Å². The summed E-state index contributed by atoms with van der Waals surface area (Å²) in [4.78, 5) is 32.5. The van der Waals surface area contributed by atoms with Crippen molar-refractivity contribution in [1.29, 1.82) is 0 Å². The number of rotatable bonds is 8. The Morgan fingerprint density at radius 1 is 1.40 bits per heavy atom. The summed E-state index contributed by atoms with van der Waals surface area (Å²) in [6.45, 7) is 6.67. The van der Waals surface area contributed by atoms with Crippen LogP contribution in [0.4, 0.5) is 11.5 Å². The molecule has 2 aliphatic carbocycles. The van der Waals surface area contributed by atoms with Gasteiger partial charge in [0.2, 0.25) is 11.8 Å². The van der Waals surface area contributed by atoms with E-state index in [0.29, 0.717) is 31.1 Å². The maximum Gasteiger partial charge on any atom is 0.233 e. The van der Waals surface area contributed by atoms with Crippen molar-refractivity contribution < 1.29 is 14.3 Å². The van der Waals surface area contributed by atoms with Gasteiger partial charge in [0.25, 0.3) is 0 Å². The van der Waals surface area contributed by atoms with E-state index in [0.717, 1.165) is 47.5 Å². The SMILES string of the molecule is COC1=CC(/C(C)=C/N(C)N)=CC(CC(=O)Nc2cc(N3CC[C@@](C)(C4CC4)C3=O)cc(C)n2)C1. The number of nitrogens with zero attached hydrogens (tertiary/aromatic N) is 3. The highest BCUT2D eigenvalue weighted by molar-refractivity contribution is 6.00. The predicted octanol–water partition coefficient (Wildman–Crippen LogP) is 4.06. The van der Waals surface area contributed by atoms with Gasteiger partial charge in [0.1, 0.15) is 5.82 Å². The molecule has 3 aliphatic rings. The molecule has 1 aromatic rings.